The first-order valence-corrected chi connectivity index (χ1v) is 2.67. The molecule has 3 nitrogen and oxygen atoms in total. The third-order valence-electron chi connectivity index (χ3n) is 1.19. The smallest absolute Gasteiger partial charge is 0.115 e. The van der Waals surface area contributed by atoms with Crippen LogP contribution in [0.15, 0.2) is 34.6 Å². The minimum Gasteiger partial charge on any atom is -0.128 e. The van der Waals surface area contributed by atoms with Gasteiger partial charge in [0, 0.05) is 0 Å². The Kier molecular flexibility index (Phi) is 0.773. The molecule has 0 bridgehead atoms. The van der Waals surface area contributed by atoms with Crippen LogP contribution in [0.4, 0.5) is 11.4 Å². The van der Waals surface area contributed by atoms with Crippen molar-refractivity contribution >= 4 is 11.4 Å². The second kappa shape index (κ2) is 1.55. The fraction of sp³-hybridized carbons (Fsp3) is 0. The number of hydrogen-bond donors (Lipinski definition) is 0. The molecule has 0 aromatic heterocycles. The molecule has 0 fully saturated rings. The predicted octanol–water partition coefficient (Wildman–Crippen LogP) is 1.93. The molecule has 3 heteroatoms. The first-order valence-electron chi connectivity index (χ1n) is 2.67. The predicted molar refractivity (Wildman–Crippen MR) is 32.8 cm³/mol. The van der Waals surface area contributed by atoms with E-state index in [9.17, 15) is 0 Å². The van der Waals surface area contributed by atoms with Crippen LogP contribution in [0.5, 0.6) is 0 Å². The Labute approximate surface area is 52.4 Å². The fourth-order valence-electron chi connectivity index (χ4n) is 0.752. The van der Waals surface area contributed by atoms with Gasteiger partial charge in [0.1, 0.15) is 11.4 Å². The van der Waals surface area contributed by atoms with Gasteiger partial charge < -0.3 is 0 Å². The van der Waals surface area contributed by atoms with Gasteiger partial charge in [0.2, 0.25) is 0 Å². The summed E-state index contributed by atoms with van der Waals surface area (Å²) in [7, 11) is 0. The van der Waals surface area contributed by atoms with E-state index in [-0.39, 0.29) is 0 Å². The van der Waals surface area contributed by atoms with Crippen molar-refractivity contribution in [2.45, 2.75) is 0 Å². The molecule has 0 saturated carbocycles. The average Bonchev–Trinajstić information content (AvgIpc) is 2.33. The highest BCUT2D eigenvalue weighted by Crippen LogP contribution is 2.28. The fourth-order valence-corrected chi connectivity index (χ4v) is 0.752. The molecule has 1 aromatic rings. The largest absolute Gasteiger partial charge is 0.128 e. The van der Waals surface area contributed by atoms with E-state index in [1.807, 2.05) is 24.3 Å². The van der Waals surface area contributed by atoms with Crippen LogP contribution in [0.3, 0.4) is 0 Å². The summed E-state index contributed by atoms with van der Waals surface area (Å²) in [6.45, 7) is 0. The van der Waals surface area contributed by atoms with Gasteiger partial charge in [0.15, 0.2) is 0 Å². The molecular weight excluding hydrogens is 114 g/mol. The van der Waals surface area contributed by atoms with Crippen LogP contribution >= 0.6 is 0 Å². The van der Waals surface area contributed by atoms with Gasteiger partial charge in [-0.3, -0.25) is 0 Å². The quantitative estimate of drug-likeness (QED) is 0.499. The molecule has 1 aliphatic rings. The lowest BCUT2D eigenvalue weighted by atomic mass is 10.3. The standard InChI is InChI=1S/C6H4N3/c1-2-4-6-5(3-1)7-9-8-6/h1-4H. The highest BCUT2D eigenvalue weighted by molar-refractivity contribution is 5.61. The monoisotopic (exact) mass is 118 g/mol. The molecular formula is C6H4N3. The number of fused-ring (bicyclic) bond motifs is 1. The number of nitrogens with zero attached hydrogens (tertiary/aromatic N) is 3. The van der Waals surface area contributed by atoms with Crippen molar-refractivity contribution in [2.75, 3.05) is 0 Å². The van der Waals surface area contributed by atoms with Crippen molar-refractivity contribution in [1.29, 1.82) is 0 Å². The van der Waals surface area contributed by atoms with E-state index in [1.54, 1.807) is 0 Å². The highest BCUT2D eigenvalue weighted by Gasteiger charge is 2.05. The van der Waals surface area contributed by atoms with Gasteiger partial charge in [-0.05, 0) is 17.4 Å². The topological polar surface area (TPSA) is 38.8 Å². The van der Waals surface area contributed by atoms with Crippen molar-refractivity contribution in [3.8, 4) is 0 Å². The zero-order chi connectivity index (χ0) is 6.10. The van der Waals surface area contributed by atoms with E-state index in [0.717, 1.165) is 11.4 Å². The first-order chi connectivity index (χ1) is 4.47. The summed E-state index contributed by atoms with van der Waals surface area (Å²) in [5, 5.41) is 7.26. The van der Waals surface area contributed by atoms with E-state index in [0.29, 0.717) is 0 Å². The van der Waals surface area contributed by atoms with E-state index >= 15 is 0 Å². The van der Waals surface area contributed by atoms with Crippen molar-refractivity contribution in [3.63, 3.8) is 0 Å². The summed E-state index contributed by atoms with van der Waals surface area (Å²) in [6.07, 6.45) is 0. The Morgan fingerprint density at radius 1 is 1.00 bits per heavy atom. The maximum absolute atomic E-state index is 3.76. The molecule has 0 atom stereocenters. The summed E-state index contributed by atoms with van der Waals surface area (Å²) in [6, 6.07) is 7.60. The number of benzene rings is 1. The van der Waals surface area contributed by atoms with Crippen LogP contribution in [0, 0.1) is 0 Å². The van der Waals surface area contributed by atoms with Crippen molar-refractivity contribution in [1.82, 2.24) is 5.43 Å². The van der Waals surface area contributed by atoms with Crippen molar-refractivity contribution in [3.05, 3.63) is 24.3 Å². The lowest BCUT2D eigenvalue weighted by Crippen LogP contribution is -1.75. The summed E-state index contributed by atoms with van der Waals surface area (Å²) in [4.78, 5) is 0. The van der Waals surface area contributed by atoms with Crippen LogP contribution in [0.2, 0.25) is 0 Å². The molecule has 0 unspecified atom stereocenters. The average molecular weight is 118 g/mol. The molecule has 43 valence electrons. The van der Waals surface area contributed by atoms with E-state index in [2.05, 4.69) is 15.8 Å². The molecule has 0 N–H and O–H groups in total. The summed E-state index contributed by atoms with van der Waals surface area (Å²) in [5.74, 6) is 0. The van der Waals surface area contributed by atoms with Gasteiger partial charge in [0.05, 0.1) is 0 Å². The van der Waals surface area contributed by atoms with Crippen LogP contribution < -0.4 is 5.43 Å². The molecule has 0 aliphatic carbocycles. The second-order valence-corrected chi connectivity index (χ2v) is 1.78. The Bertz CT molecular complexity index is 254. The van der Waals surface area contributed by atoms with Gasteiger partial charge in [-0.2, -0.15) is 0 Å². The minimum absolute atomic E-state index is 0.859. The molecule has 0 amide bonds. The zero-order valence-electron chi connectivity index (χ0n) is 4.65. The van der Waals surface area contributed by atoms with Gasteiger partial charge in [0.25, 0.3) is 0 Å². The van der Waals surface area contributed by atoms with Crippen molar-refractivity contribution < 1.29 is 0 Å². The Morgan fingerprint density at radius 3 is 2.56 bits per heavy atom. The molecule has 1 aromatic carbocycles. The number of rotatable bonds is 0. The van der Waals surface area contributed by atoms with E-state index in [1.165, 1.54) is 0 Å². The minimum atomic E-state index is 0.859. The van der Waals surface area contributed by atoms with Gasteiger partial charge >= 0.3 is 0 Å². The Balaban J connectivity index is 2.63. The van der Waals surface area contributed by atoms with Crippen LogP contribution in [0.25, 0.3) is 0 Å². The van der Waals surface area contributed by atoms with Gasteiger partial charge in [-0.1, -0.05) is 12.1 Å². The molecule has 1 radical (unpaired) electrons. The van der Waals surface area contributed by atoms with Crippen LogP contribution in [-0.2, 0) is 0 Å². The van der Waals surface area contributed by atoms with E-state index in [4.69, 9.17) is 0 Å². The van der Waals surface area contributed by atoms with Gasteiger partial charge in [-0.15, -0.1) is 10.5 Å². The van der Waals surface area contributed by atoms with Crippen LogP contribution in [0.1, 0.15) is 0 Å². The number of hydrogen-bond acceptors (Lipinski definition) is 2. The SMILES string of the molecule is c1ccc2c(c1)[N]N=N2. The zero-order valence-corrected chi connectivity index (χ0v) is 4.65. The first kappa shape index (κ1) is 4.49. The van der Waals surface area contributed by atoms with Crippen LogP contribution in [-0.4, -0.2) is 0 Å². The second-order valence-electron chi connectivity index (χ2n) is 1.78. The molecule has 9 heavy (non-hydrogen) atoms. The summed E-state index contributed by atoms with van der Waals surface area (Å²) in [5.41, 5.74) is 5.48. The molecule has 1 heterocycles. The summed E-state index contributed by atoms with van der Waals surface area (Å²) < 4.78 is 0. The normalized spacial score (nSPS) is 12.9. The third-order valence-corrected chi connectivity index (χ3v) is 1.19. The highest BCUT2D eigenvalue weighted by atomic mass is 15.5. The molecule has 1 aliphatic heterocycles. The molecule has 2 rings (SSSR count). The molecule has 0 saturated heterocycles. The Hall–Kier alpha value is -1.38. The van der Waals surface area contributed by atoms with Crippen molar-refractivity contribution in [2.24, 2.45) is 10.3 Å². The lowest BCUT2D eigenvalue weighted by Gasteiger charge is -1.87. The third kappa shape index (κ3) is 0.579. The maximum Gasteiger partial charge on any atom is 0.115 e. The maximum atomic E-state index is 3.76. The summed E-state index contributed by atoms with van der Waals surface area (Å²) >= 11 is 0. The lowest BCUT2D eigenvalue weighted by molar-refractivity contribution is 0.923. The Morgan fingerprint density at radius 2 is 1.78 bits per heavy atom. The van der Waals surface area contributed by atoms with Gasteiger partial charge in [-0.25, -0.2) is 0 Å². The van der Waals surface area contributed by atoms with E-state index < -0.39 is 0 Å². The molecule has 0 spiro atoms.